The van der Waals surface area contributed by atoms with E-state index >= 15 is 0 Å². The molecule has 188 valence electrons. The molecule has 0 bridgehead atoms. The van der Waals surface area contributed by atoms with Crippen LogP contribution in [0.3, 0.4) is 0 Å². The normalized spacial score (nSPS) is 34.8. The van der Waals surface area contributed by atoms with Crippen LogP contribution in [0.2, 0.25) is 0 Å². The van der Waals surface area contributed by atoms with Gasteiger partial charge < -0.3 is 24.1 Å². The molecule has 3 saturated heterocycles. The topological polar surface area (TPSA) is 60.4 Å². The van der Waals surface area contributed by atoms with Gasteiger partial charge in [-0.25, -0.2) is 0 Å². The summed E-state index contributed by atoms with van der Waals surface area (Å²) in [5, 5.41) is 11.7. The van der Waals surface area contributed by atoms with Crippen molar-refractivity contribution >= 4 is 0 Å². The molecule has 36 heavy (non-hydrogen) atoms. The second-order valence-electron chi connectivity index (χ2n) is 9.92. The Balaban J connectivity index is 1.28. The summed E-state index contributed by atoms with van der Waals surface area (Å²) in [6, 6.07) is 30.8. The molecule has 0 radical (unpaired) electrons. The van der Waals surface area contributed by atoms with Crippen LogP contribution in [0, 0.1) is 0 Å². The third kappa shape index (κ3) is 4.50. The Kier molecular flexibility index (Phi) is 6.89. The van der Waals surface area contributed by atoms with Gasteiger partial charge in [-0.3, -0.25) is 4.90 Å². The van der Waals surface area contributed by atoms with E-state index in [-0.39, 0.29) is 6.04 Å². The number of methoxy groups -OCH3 is 1. The first kappa shape index (κ1) is 23.8. The molecule has 3 fully saturated rings. The van der Waals surface area contributed by atoms with Crippen molar-refractivity contribution in [3.63, 3.8) is 0 Å². The third-order valence-electron chi connectivity index (χ3n) is 7.86. The molecule has 0 saturated carbocycles. The van der Waals surface area contributed by atoms with Gasteiger partial charge in [0, 0.05) is 37.6 Å². The first-order valence-electron chi connectivity index (χ1n) is 12.7. The van der Waals surface area contributed by atoms with E-state index in [2.05, 4.69) is 65.6 Å². The van der Waals surface area contributed by atoms with Crippen molar-refractivity contribution < 1.29 is 24.1 Å². The lowest BCUT2D eigenvalue weighted by molar-refractivity contribution is -0.349. The number of ether oxygens (including phenoxy) is 4. The second-order valence-corrected chi connectivity index (χ2v) is 9.92. The van der Waals surface area contributed by atoms with Crippen molar-refractivity contribution in [2.75, 3.05) is 26.8 Å². The third-order valence-corrected chi connectivity index (χ3v) is 7.86. The minimum Gasteiger partial charge on any atom is -0.388 e. The van der Waals surface area contributed by atoms with E-state index < -0.39 is 30.9 Å². The maximum atomic E-state index is 11.7. The zero-order chi connectivity index (χ0) is 24.5. The number of rotatable bonds is 5. The predicted molar refractivity (Wildman–Crippen MR) is 135 cm³/mol. The van der Waals surface area contributed by atoms with E-state index in [1.54, 1.807) is 7.11 Å². The van der Waals surface area contributed by atoms with Crippen molar-refractivity contribution in [3.05, 3.63) is 108 Å². The van der Waals surface area contributed by atoms with Gasteiger partial charge in [0.1, 0.15) is 18.3 Å². The summed E-state index contributed by atoms with van der Waals surface area (Å²) in [7, 11) is 1.64. The Bertz CT molecular complexity index is 1070. The molecule has 6 rings (SSSR count). The SMILES string of the molecule is CO[C@H]1O[C@@H]2CO[C@@H](c3ccccc3)O[C@H]2[C@@H](O)[C@@H]1N1C[C@H](c2ccccc2)[C@@H](c2ccccc2)C1. The number of aliphatic hydroxyl groups is 1. The molecule has 3 heterocycles. The number of hydrogen-bond acceptors (Lipinski definition) is 6. The van der Waals surface area contributed by atoms with E-state index in [4.69, 9.17) is 18.9 Å². The van der Waals surface area contributed by atoms with Gasteiger partial charge in [-0.05, 0) is 11.1 Å². The highest BCUT2D eigenvalue weighted by Crippen LogP contribution is 2.43. The van der Waals surface area contributed by atoms with Crippen LogP contribution in [0.1, 0.15) is 34.8 Å². The first-order chi connectivity index (χ1) is 17.7. The zero-order valence-corrected chi connectivity index (χ0v) is 20.4. The molecule has 3 aliphatic heterocycles. The standard InChI is InChI=1S/C30H33NO5/c1-33-30-26(27(32)28-25(35-30)19-34-29(36-28)22-15-9-4-10-16-22)31-17-23(20-11-5-2-6-12-20)24(18-31)21-13-7-3-8-14-21/h2-16,23-30,32H,17-19H2,1H3/t23-,24-,25-,26+,27+,28-,29-,30+/m1/s1. The Hall–Kier alpha value is -2.58. The van der Waals surface area contributed by atoms with Crippen LogP contribution in [0.4, 0.5) is 0 Å². The van der Waals surface area contributed by atoms with Crippen molar-refractivity contribution in [2.45, 2.75) is 48.8 Å². The molecule has 3 aliphatic rings. The summed E-state index contributed by atoms with van der Waals surface area (Å²) >= 11 is 0. The molecule has 3 aromatic rings. The van der Waals surface area contributed by atoms with E-state index in [9.17, 15) is 5.11 Å². The fraction of sp³-hybridized carbons (Fsp3) is 0.400. The van der Waals surface area contributed by atoms with E-state index in [1.807, 2.05) is 30.3 Å². The van der Waals surface area contributed by atoms with E-state index in [1.165, 1.54) is 11.1 Å². The van der Waals surface area contributed by atoms with E-state index in [0.717, 1.165) is 18.7 Å². The van der Waals surface area contributed by atoms with Crippen LogP contribution >= 0.6 is 0 Å². The highest BCUT2D eigenvalue weighted by Gasteiger charge is 2.53. The number of likely N-dealkylation sites (tertiary alicyclic amines) is 1. The van der Waals surface area contributed by atoms with Crippen molar-refractivity contribution in [1.29, 1.82) is 0 Å². The number of hydrogen-bond donors (Lipinski definition) is 1. The summed E-state index contributed by atoms with van der Waals surface area (Å²) in [5.41, 5.74) is 3.54. The Morgan fingerprint density at radius 3 is 1.81 bits per heavy atom. The van der Waals surface area contributed by atoms with Crippen LogP contribution in [-0.4, -0.2) is 67.5 Å². The van der Waals surface area contributed by atoms with Gasteiger partial charge in [-0.1, -0.05) is 91.0 Å². The van der Waals surface area contributed by atoms with Crippen molar-refractivity contribution in [1.82, 2.24) is 4.90 Å². The monoisotopic (exact) mass is 487 g/mol. The van der Waals surface area contributed by atoms with Crippen molar-refractivity contribution in [2.24, 2.45) is 0 Å². The quantitative estimate of drug-likeness (QED) is 0.585. The summed E-state index contributed by atoms with van der Waals surface area (Å²) in [6.07, 6.45) is -2.79. The van der Waals surface area contributed by atoms with Crippen LogP contribution < -0.4 is 0 Å². The number of benzene rings is 3. The molecule has 0 amide bonds. The lowest BCUT2D eigenvalue weighted by atomic mass is 9.84. The second kappa shape index (κ2) is 10.4. The molecular formula is C30H33NO5. The number of aliphatic hydroxyl groups excluding tert-OH is 1. The lowest BCUT2D eigenvalue weighted by Crippen LogP contribution is -2.66. The highest BCUT2D eigenvalue weighted by molar-refractivity contribution is 5.32. The van der Waals surface area contributed by atoms with Crippen LogP contribution in [0.15, 0.2) is 91.0 Å². The smallest absolute Gasteiger partial charge is 0.184 e. The average molecular weight is 488 g/mol. The van der Waals surface area contributed by atoms with Gasteiger partial charge in [0.05, 0.1) is 12.6 Å². The fourth-order valence-corrected chi connectivity index (χ4v) is 6.09. The molecule has 8 atom stereocenters. The summed E-state index contributed by atoms with van der Waals surface area (Å²) < 4.78 is 24.4. The van der Waals surface area contributed by atoms with Gasteiger partial charge in [-0.2, -0.15) is 0 Å². The maximum absolute atomic E-state index is 11.7. The molecule has 3 aromatic carbocycles. The average Bonchev–Trinajstić information content (AvgIpc) is 3.39. The molecular weight excluding hydrogens is 454 g/mol. The van der Waals surface area contributed by atoms with Gasteiger partial charge in [0.15, 0.2) is 12.6 Å². The first-order valence-corrected chi connectivity index (χ1v) is 12.7. The molecule has 0 spiro atoms. The lowest BCUT2D eigenvalue weighted by Gasteiger charge is -2.49. The summed E-state index contributed by atoms with van der Waals surface area (Å²) in [6.45, 7) is 1.93. The van der Waals surface area contributed by atoms with Gasteiger partial charge in [0.25, 0.3) is 0 Å². The Morgan fingerprint density at radius 2 is 1.28 bits per heavy atom. The largest absolute Gasteiger partial charge is 0.388 e. The minimum atomic E-state index is -0.783. The summed E-state index contributed by atoms with van der Waals surface area (Å²) in [4.78, 5) is 2.33. The molecule has 0 unspecified atom stereocenters. The Morgan fingerprint density at radius 1 is 0.750 bits per heavy atom. The number of nitrogens with zero attached hydrogens (tertiary/aromatic N) is 1. The molecule has 0 aromatic heterocycles. The zero-order valence-electron chi connectivity index (χ0n) is 20.4. The molecule has 6 heteroatoms. The van der Waals surface area contributed by atoms with Crippen LogP contribution in [0.5, 0.6) is 0 Å². The van der Waals surface area contributed by atoms with E-state index in [0.29, 0.717) is 18.4 Å². The van der Waals surface area contributed by atoms with Crippen molar-refractivity contribution in [3.8, 4) is 0 Å². The molecule has 1 N–H and O–H groups in total. The number of fused-ring (bicyclic) bond motifs is 1. The minimum absolute atomic E-state index is 0.295. The predicted octanol–water partition coefficient (Wildman–Crippen LogP) is 4.08. The van der Waals surface area contributed by atoms with Gasteiger partial charge in [-0.15, -0.1) is 0 Å². The maximum Gasteiger partial charge on any atom is 0.184 e. The summed E-state index contributed by atoms with van der Waals surface area (Å²) in [5.74, 6) is 0.590. The molecule has 0 aliphatic carbocycles. The highest BCUT2D eigenvalue weighted by atomic mass is 16.7. The van der Waals surface area contributed by atoms with Gasteiger partial charge >= 0.3 is 0 Å². The van der Waals surface area contributed by atoms with Crippen LogP contribution in [-0.2, 0) is 18.9 Å². The van der Waals surface area contributed by atoms with Gasteiger partial charge in [0.2, 0.25) is 0 Å². The fourth-order valence-electron chi connectivity index (χ4n) is 6.09. The molecule has 6 nitrogen and oxygen atoms in total. The van der Waals surface area contributed by atoms with Crippen LogP contribution in [0.25, 0.3) is 0 Å². The Labute approximate surface area is 212 Å².